The summed E-state index contributed by atoms with van der Waals surface area (Å²) < 4.78 is 0. The summed E-state index contributed by atoms with van der Waals surface area (Å²) in [5.41, 5.74) is 10.8. The lowest BCUT2D eigenvalue weighted by molar-refractivity contribution is -0.124. The molecule has 2 amide bonds. The third-order valence-electron chi connectivity index (χ3n) is 3.55. The molecule has 0 aromatic carbocycles. The molecule has 5 N–H and O–H groups in total. The minimum absolute atomic E-state index is 0.0668. The van der Waals surface area contributed by atoms with Crippen LogP contribution in [0.2, 0.25) is 0 Å². The van der Waals surface area contributed by atoms with E-state index in [1.54, 1.807) is 0 Å². The number of amides is 2. The van der Waals surface area contributed by atoms with Gasteiger partial charge in [0.15, 0.2) is 0 Å². The number of carbonyl (C=O) groups excluding carboxylic acids is 2. The van der Waals surface area contributed by atoms with Crippen molar-refractivity contribution in [3.63, 3.8) is 0 Å². The van der Waals surface area contributed by atoms with Gasteiger partial charge in [-0.1, -0.05) is 6.42 Å². The summed E-state index contributed by atoms with van der Waals surface area (Å²) in [6.07, 6.45) is 5.78. The standard InChI is InChI=1S/C12H23N3O2/c13-9-12(5-3-6-12)8-11(17)15-7-2-1-4-10(14)16/h1-9,13H2,(H2,14,16)(H,15,17). The lowest BCUT2D eigenvalue weighted by atomic mass is 9.66. The second kappa shape index (κ2) is 6.59. The number of hydrogen-bond acceptors (Lipinski definition) is 3. The van der Waals surface area contributed by atoms with Crippen molar-refractivity contribution >= 4 is 11.8 Å². The van der Waals surface area contributed by atoms with Gasteiger partial charge in [-0.2, -0.15) is 0 Å². The molecule has 5 nitrogen and oxygen atoms in total. The van der Waals surface area contributed by atoms with E-state index in [2.05, 4.69) is 5.32 Å². The minimum Gasteiger partial charge on any atom is -0.370 e. The van der Waals surface area contributed by atoms with Crippen LogP contribution in [0.3, 0.4) is 0 Å². The Morgan fingerprint density at radius 3 is 2.41 bits per heavy atom. The maximum atomic E-state index is 11.6. The highest BCUT2D eigenvalue weighted by Crippen LogP contribution is 2.42. The second-order valence-electron chi connectivity index (χ2n) is 5.01. The van der Waals surface area contributed by atoms with E-state index in [-0.39, 0.29) is 17.2 Å². The van der Waals surface area contributed by atoms with Gasteiger partial charge in [-0.05, 0) is 37.6 Å². The fraction of sp³-hybridized carbons (Fsp3) is 0.833. The predicted molar refractivity (Wildman–Crippen MR) is 66.0 cm³/mol. The maximum Gasteiger partial charge on any atom is 0.220 e. The number of carbonyl (C=O) groups is 2. The molecular weight excluding hydrogens is 218 g/mol. The van der Waals surface area contributed by atoms with Crippen LogP contribution in [0.25, 0.3) is 0 Å². The molecule has 0 radical (unpaired) electrons. The van der Waals surface area contributed by atoms with E-state index >= 15 is 0 Å². The molecular formula is C12H23N3O2. The van der Waals surface area contributed by atoms with Crippen molar-refractivity contribution in [1.82, 2.24) is 5.32 Å². The Balaban J connectivity index is 2.07. The molecule has 0 saturated heterocycles. The lowest BCUT2D eigenvalue weighted by Gasteiger charge is -2.40. The topological polar surface area (TPSA) is 98.2 Å². The molecule has 1 fully saturated rings. The Bertz CT molecular complexity index is 269. The molecule has 1 rings (SSSR count). The van der Waals surface area contributed by atoms with E-state index in [1.165, 1.54) is 6.42 Å². The first kappa shape index (κ1) is 14.0. The number of nitrogens with two attached hydrogens (primary N) is 2. The Morgan fingerprint density at radius 1 is 1.24 bits per heavy atom. The Hall–Kier alpha value is -1.10. The molecule has 98 valence electrons. The van der Waals surface area contributed by atoms with Crippen LogP contribution in [-0.2, 0) is 9.59 Å². The van der Waals surface area contributed by atoms with Gasteiger partial charge in [0.05, 0.1) is 0 Å². The van der Waals surface area contributed by atoms with Crippen LogP contribution in [0.5, 0.6) is 0 Å². The summed E-state index contributed by atoms with van der Waals surface area (Å²) in [5.74, 6) is -0.206. The van der Waals surface area contributed by atoms with Gasteiger partial charge in [0.1, 0.15) is 0 Å². The first-order chi connectivity index (χ1) is 8.08. The Morgan fingerprint density at radius 2 is 1.94 bits per heavy atom. The van der Waals surface area contributed by atoms with E-state index < -0.39 is 0 Å². The minimum atomic E-state index is -0.284. The summed E-state index contributed by atoms with van der Waals surface area (Å²) >= 11 is 0. The van der Waals surface area contributed by atoms with Crippen LogP contribution in [0.1, 0.15) is 44.9 Å². The van der Waals surface area contributed by atoms with Gasteiger partial charge in [0.25, 0.3) is 0 Å². The van der Waals surface area contributed by atoms with Gasteiger partial charge in [0, 0.05) is 19.4 Å². The monoisotopic (exact) mass is 241 g/mol. The average Bonchev–Trinajstić information content (AvgIpc) is 2.22. The first-order valence-corrected chi connectivity index (χ1v) is 6.33. The zero-order valence-electron chi connectivity index (χ0n) is 10.3. The van der Waals surface area contributed by atoms with Crippen molar-refractivity contribution < 1.29 is 9.59 Å². The summed E-state index contributed by atoms with van der Waals surface area (Å²) in [4.78, 5) is 22.1. The highest BCUT2D eigenvalue weighted by Gasteiger charge is 2.37. The van der Waals surface area contributed by atoms with Crippen molar-refractivity contribution in [2.75, 3.05) is 13.1 Å². The number of nitrogens with one attached hydrogen (secondary N) is 1. The molecule has 0 atom stereocenters. The number of primary amides is 1. The number of rotatable bonds is 8. The van der Waals surface area contributed by atoms with E-state index in [4.69, 9.17) is 11.5 Å². The molecule has 0 aromatic rings. The molecule has 0 aromatic heterocycles. The summed E-state index contributed by atoms with van der Waals surface area (Å²) in [7, 11) is 0. The van der Waals surface area contributed by atoms with Crippen molar-refractivity contribution in [3.8, 4) is 0 Å². The molecule has 0 spiro atoms. The molecule has 1 saturated carbocycles. The molecule has 5 heteroatoms. The fourth-order valence-electron chi connectivity index (χ4n) is 2.18. The van der Waals surface area contributed by atoms with Crippen LogP contribution < -0.4 is 16.8 Å². The van der Waals surface area contributed by atoms with Gasteiger partial charge in [0.2, 0.25) is 11.8 Å². The van der Waals surface area contributed by atoms with Gasteiger partial charge < -0.3 is 16.8 Å². The summed E-state index contributed by atoms with van der Waals surface area (Å²) in [6.45, 7) is 1.22. The van der Waals surface area contributed by atoms with Crippen molar-refractivity contribution in [1.29, 1.82) is 0 Å². The largest absolute Gasteiger partial charge is 0.370 e. The predicted octanol–water partition coefficient (Wildman–Crippen LogP) is 0.277. The van der Waals surface area contributed by atoms with Gasteiger partial charge in [-0.25, -0.2) is 0 Å². The average molecular weight is 241 g/mol. The molecule has 0 heterocycles. The van der Waals surface area contributed by atoms with Gasteiger partial charge in [-0.3, -0.25) is 9.59 Å². The van der Waals surface area contributed by atoms with Crippen molar-refractivity contribution in [2.45, 2.75) is 44.9 Å². The van der Waals surface area contributed by atoms with Crippen LogP contribution in [0, 0.1) is 5.41 Å². The Labute approximate surface area is 102 Å². The number of hydrogen-bond donors (Lipinski definition) is 3. The molecule has 0 unspecified atom stereocenters. The van der Waals surface area contributed by atoms with E-state index in [0.717, 1.165) is 25.7 Å². The van der Waals surface area contributed by atoms with Crippen LogP contribution >= 0.6 is 0 Å². The third kappa shape index (κ3) is 4.73. The quantitative estimate of drug-likeness (QED) is 0.532. The fourth-order valence-corrected chi connectivity index (χ4v) is 2.18. The van der Waals surface area contributed by atoms with Crippen molar-refractivity contribution in [3.05, 3.63) is 0 Å². The van der Waals surface area contributed by atoms with E-state index in [9.17, 15) is 9.59 Å². The van der Waals surface area contributed by atoms with Gasteiger partial charge in [-0.15, -0.1) is 0 Å². The van der Waals surface area contributed by atoms with E-state index in [0.29, 0.717) is 25.9 Å². The summed E-state index contributed by atoms with van der Waals surface area (Å²) in [5, 5.41) is 2.87. The molecule has 0 aliphatic heterocycles. The molecule has 1 aliphatic carbocycles. The third-order valence-corrected chi connectivity index (χ3v) is 3.55. The normalized spacial score (nSPS) is 17.2. The van der Waals surface area contributed by atoms with E-state index in [1.807, 2.05) is 0 Å². The zero-order valence-corrected chi connectivity index (χ0v) is 10.3. The second-order valence-corrected chi connectivity index (χ2v) is 5.01. The highest BCUT2D eigenvalue weighted by atomic mass is 16.1. The molecule has 1 aliphatic rings. The summed E-state index contributed by atoms with van der Waals surface area (Å²) in [6, 6.07) is 0. The zero-order chi connectivity index (χ0) is 12.7. The van der Waals surface area contributed by atoms with Crippen LogP contribution in [0.15, 0.2) is 0 Å². The SMILES string of the molecule is NCC1(CC(=O)NCCCCC(N)=O)CCC1. The lowest BCUT2D eigenvalue weighted by Crippen LogP contribution is -2.42. The number of unbranched alkanes of at least 4 members (excludes halogenated alkanes) is 1. The maximum absolute atomic E-state index is 11.6. The molecule has 0 bridgehead atoms. The molecule has 17 heavy (non-hydrogen) atoms. The smallest absolute Gasteiger partial charge is 0.220 e. The van der Waals surface area contributed by atoms with Crippen LogP contribution in [-0.4, -0.2) is 24.9 Å². The van der Waals surface area contributed by atoms with Crippen molar-refractivity contribution in [2.24, 2.45) is 16.9 Å². The van der Waals surface area contributed by atoms with Gasteiger partial charge >= 0.3 is 0 Å². The first-order valence-electron chi connectivity index (χ1n) is 6.33. The van der Waals surface area contributed by atoms with Crippen LogP contribution in [0.4, 0.5) is 0 Å². The highest BCUT2D eigenvalue weighted by molar-refractivity contribution is 5.76. The Kier molecular flexibility index (Phi) is 5.41.